The topological polar surface area (TPSA) is 72.0 Å². The van der Waals surface area contributed by atoms with Crippen molar-refractivity contribution in [3.8, 4) is 0 Å². The second kappa shape index (κ2) is 4.84. The maximum absolute atomic E-state index is 11.6. The summed E-state index contributed by atoms with van der Waals surface area (Å²) in [6.07, 6.45) is 0. The summed E-state index contributed by atoms with van der Waals surface area (Å²) in [4.78, 5) is 22.7. The normalized spacial score (nSPS) is 9.94. The minimum absolute atomic E-state index is 0.00780. The molecule has 0 fully saturated rings. The van der Waals surface area contributed by atoms with Gasteiger partial charge < -0.3 is 5.32 Å². The summed E-state index contributed by atoms with van der Waals surface area (Å²) in [6, 6.07) is 6.68. The minimum Gasteiger partial charge on any atom is -0.321 e. The number of ketones is 1. The fraction of sp³-hybridized carbons (Fsp3) is 0.0909. The molecule has 6 heteroatoms. The summed E-state index contributed by atoms with van der Waals surface area (Å²) < 4.78 is 3.61. The number of carbonyl (C=O) groups is 2. The molecule has 0 unspecified atom stereocenters. The number of rotatable bonds is 3. The molecule has 17 heavy (non-hydrogen) atoms. The maximum Gasteiger partial charge on any atom is 0.277 e. The fourth-order valence-electron chi connectivity index (χ4n) is 1.25. The van der Waals surface area contributed by atoms with Gasteiger partial charge in [-0.25, -0.2) is 0 Å². The van der Waals surface area contributed by atoms with Gasteiger partial charge in [0.1, 0.15) is 0 Å². The molecule has 1 heterocycles. The Balaban J connectivity index is 2.09. The SMILES string of the molecule is CC(=O)c1ccc(NC(=O)c2csnn2)cc1. The van der Waals surface area contributed by atoms with E-state index in [0.717, 1.165) is 11.5 Å². The molecule has 0 bridgehead atoms. The second-order valence-corrected chi connectivity index (χ2v) is 3.99. The molecule has 0 saturated carbocycles. The van der Waals surface area contributed by atoms with Crippen LogP contribution in [0.5, 0.6) is 0 Å². The first kappa shape index (κ1) is 11.4. The molecule has 1 aromatic heterocycles. The number of amides is 1. The van der Waals surface area contributed by atoms with Gasteiger partial charge in [-0.2, -0.15) is 0 Å². The highest BCUT2D eigenvalue weighted by Gasteiger charge is 2.08. The van der Waals surface area contributed by atoms with Crippen molar-refractivity contribution >= 4 is 28.9 Å². The minimum atomic E-state index is -0.311. The van der Waals surface area contributed by atoms with E-state index in [1.807, 2.05) is 0 Å². The third-order valence-corrected chi connectivity index (χ3v) is 2.65. The van der Waals surface area contributed by atoms with E-state index in [9.17, 15) is 9.59 Å². The van der Waals surface area contributed by atoms with Gasteiger partial charge in [0.05, 0.1) is 0 Å². The molecule has 0 spiro atoms. The van der Waals surface area contributed by atoms with Gasteiger partial charge in [-0.05, 0) is 42.7 Å². The quantitative estimate of drug-likeness (QED) is 0.842. The van der Waals surface area contributed by atoms with Gasteiger partial charge in [0.15, 0.2) is 11.5 Å². The van der Waals surface area contributed by atoms with Crippen LogP contribution < -0.4 is 5.32 Å². The van der Waals surface area contributed by atoms with E-state index in [4.69, 9.17) is 0 Å². The number of benzene rings is 1. The standard InChI is InChI=1S/C11H9N3O2S/c1-7(15)8-2-4-9(5-3-8)12-11(16)10-6-17-14-13-10/h2-6H,1H3,(H,12,16). The van der Waals surface area contributed by atoms with Gasteiger partial charge >= 0.3 is 0 Å². The molecule has 2 rings (SSSR count). The van der Waals surface area contributed by atoms with Crippen molar-refractivity contribution < 1.29 is 9.59 Å². The summed E-state index contributed by atoms with van der Waals surface area (Å²) in [7, 11) is 0. The summed E-state index contributed by atoms with van der Waals surface area (Å²) >= 11 is 1.12. The molecule has 5 nitrogen and oxygen atoms in total. The average molecular weight is 247 g/mol. The molecular formula is C11H9N3O2S. The van der Waals surface area contributed by atoms with Crippen LogP contribution >= 0.6 is 11.5 Å². The van der Waals surface area contributed by atoms with E-state index in [-0.39, 0.29) is 17.4 Å². The molecule has 1 amide bonds. The molecule has 1 N–H and O–H groups in total. The van der Waals surface area contributed by atoms with E-state index < -0.39 is 0 Å². The van der Waals surface area contributed by atoms with Crippen LogP contribution in [0.2, 0.25) is 0 Å². The van der Waals surface area contributed by atoms with Crippen molar-refractivity contribution in [3.63, 3.8) is 0 Å². The number of hydrogen-bond acceptors (Lipinski definition) is 5. The first-order valence-corrected chi connectivity index (χ1v) is 5.70. The van der Waals surface area contributed by atoms with Crippen LogP contribution in [0, 0.1) is 0 Å². The Bertz CT molecular complexity index is 534. The first-order valence-electron chi connectivity index (χ1n) is 4.86. The van der Waals surface area contributed by atoms with Crippen molar-refractivity contribution in [1.82, 2.24) is 9.59 Å². The predicted molar refractivity (Wildman–Crippen MR) is 64.3 cm³/mol. The summed E-state index contributed by atoms with van der Waals surface area (Å²) in [5.74, 6) is -0.319. The fourth-order valence-corrected chi connectivity index (χ4v) is 1.68. The molecule has 0 radical (unpaired) electrons. The van der Waals surface area contributed by atoms with Crippen LogP contribution in [0.25, 0.3) is 0 Å². The third-order valence-electron chi connectivity index (χ3n) is 2.14. The number of anilines is 1. The number of hydrogen-bond donors (Lipinski definition) is 1. The van der Waals surface area contributed by atoms with Gasteiger partial charge in [0.25, 0.3) is 5.91 Å². The largest absolute Gasteiger partial charge is 0.321 e. The zero-order valence-electron chi connectivity index (χ0n) is 9.01. The second-order valence-electron chi connectivity index (χ2n) is 3.38. The van der Waals surface area contributed by atoms with E-state index in [2.05, 4.69) is 14.9 Å². The maximum atomic E-state index is 11.6. The van der Waals surface area contributed by atoms with Crippen molar-refractivity contribution in [1.29, 1.82) is 0 Å². The summed E-state index contributed by atoms with van der Waals surface area (Å²) in [5, 5.41) is 7.89. The number of carbonyl (C=O) groups excluding carboxylic acids is 2. The van der Waals surface area contributed by atoms with E-state index in [1.165, 1.54) is 6.92 Å². The lowest BCUT2D eigenvalue weighted by Crippen LogP contribution is -2.12. The lowest BCUT2D eigenvalue weighted by Gasteiger charge is -2.03. The Morgan fingerprint density at radius 2 is 1.94 bits per heavy atom. The van der Waals surface area contributed by atoms with Crippen LogP contribution in [0.3, 0.4) is 0 Å². The van der Waals surface area contributed by atoms with Crippen molar-refractivity contribution in [2.45, 2.75) is 6.92 Å². The van der Waals surface area contributed by atoms with E-state index >= 15 is 0 Å². The van der Waals surface area contributed by atoms with Crippen molar-refractivity contribution in [2.24, 2.45) is 0 Å². The van der Waals surface area contributed by atoms with Crippen LogP contribution in [-0.2, 0) is 0 Å². The Morgan fingerprint density at radius 3 is 2.47 bits per heavy atom. The van der Waals surface area contributed by atoms with Crippen molar-refractivity contribution in [3.05, 3.63) is 40.9 Å². The van der Waals surface area contributed by atoms with Gasteiger partial charge in [-0.3, -0.25) is 9.59 Å². The summed E-state index contributed by atoms with van der Waals surface area (Å²) in [6.45, 7) is 1.49. The van der Waals surface area contributed by atoms with Gasteiger partial charge in [-0.15, -0.1) is 5.10 Å². The van der Waals surface area contributed by atoms with Gasteiger partial charge in [-0.1, -0.05) is 4.49 Å². The number of aromatic nitrogens is 2. The zero-order chi connectivity index (χ0) is 12.3. The molecule has 1 aromatic carbocycles. The molecule has 86 valence electrons. The van der Waals surface area contributed by atoms with Crippen LogP contribution in [0.15, 0.2) is 29.6 Å². The Kier molecular flexibility index (Phi) is 3.24. The molecule has 0 saturated heterocycles. The molecule has 0 aliphatic carbocycles. The highest BCUT2D eigenvalue weighted by Crippen LogP contribution is 2.11. The molecule has 0 atom stereocenters. The van der Waals surface area contributed by atoms with Gasteiger partial charge in [0, 0.05) is 16.6 Å². The lowest BCUT2D eigenvalue weighted by molar-refractivity contribution is 0.101. The lowest BCUT2D eigenvalue weighted by atomic mass is 10.1. The highest BCUT2D eigenvalue weighted by molar-refractivity contribution is 7.03. The number of Topliss-reactive ketones (excluding diaryl/α,β-unsaturated/α-hetero) is 1. The molecular weight excluding hydrogens is 238 g/mol. The zero-order valence-corrected chi connectivity index (χ0v) is 9.82. The predicted octanol–water partition coefficient (Wildman–Crippen LogP) is 1.99. The Labute approximate surface area is 102 Å². The van der Waals surface area contributed by atoms with Crippen LogP contribution in [0.1, 0.15) is 27.8 Å². The number of nitrogens with zero attached hydrogens (tertiary/aromatic N) is 2. The molecule has 0 aliphatic rings. The van der Waals surface area contributed by atoms with E-state index in [1.54, 1.807) is 29.6 Å². The monoisotopic (exact) mass is 247 g/mol. The Morgan fingerprint density at radius 1 is 1.24 bits per heavy atom. The third kappa shape index (κ3) is 2.73. The van der Waals surface area contributed by atoms with Crippen LogP contribution in [0.4, 0.5) is 5.69 Å². The number of nitrogens with one attached hydrogen (secondary N) is 1. The van der Waals surface area contributed by atoms with Crippen molar-refractivity contribution in [2.75, 3.05) is 5.32 Å². The Hall–Kier alpha value is -2.08. The summed E-state index contributed by atoms with van der Waals surface area (Å²) in [5.41, 5.74) is 1.51. The van der Waals surface area contributed by atoms with E-state index in [0.29, 0.717) is 11.3 Å². The molecule has 2 aromatic rings. The average Bonchev–Trinajstić information content (AvgIpc) is 2.83. The van der Waals surface area contributed by atoms with Gasteiger partial charge in [0.2, 0.25) is 0 Å². The first-order chi connectivity index (χ1) is 8.16. The highest BCUT2D eigenvalue weighted by atomic mass is 32.1. The van der Waals surface area contributed by atoms with Crippen LogP contribution in [-0.4, -0.2) is 21.3 Å². The molecule has 0 aliphatic heterocycles. The smallest absolute Gasteiger partial charge is 0.277 e.